The van der Waals surface area contributed by atoms with Gasteiger partial charge in [-0.05, 0) is 40.2 Å². The fourth-order valence-electron chi connectivity index (χ4n) is 1.16. The van der Waals surface area contributed by atoms with E-state index in [9.17, 15) is 4.79 Å². The van der Waals surface area contributed by atoms with E-state index in [2.05, 4.69) is 10.3 Å². The molecule has 1 N–H and O–H groups in total. The van der Waals surface area contributed by atoms with Gasteiger partial charge in [0.1, 0.15) is 5.60 Å². The van der Waals surface area contributed by atoms with Crippen molar-refractivity contribution >= 4 is 12.0 Å². The molecule has 1 unspecified atom stereocenters. The molecule has 0 aromatic heterocycles. The summed E-state index contributed by atoms with van der Waals surface area (Å²) in [6.45, 7) is 9.61. The van der Waals surface area contributed by atoms with Crippen LogP contribution in [0.2, 0.25) is 0 Å². The number of hydrogen-bond acceptors (Lipinski definition) is 4. The van der Waals surface area contributed by atoms with Crippen LogP contribution < -0.4 is 5.32 Å². The Bertz CT molecular complexity index is 353. The summed E-state index contributed by atoms with van der Waals surface area (Å²) < 4.78 is 10.4. The Hall–Kier alpha value is -1.52. The number of carbonyl (C=O) groups excluding carboxylic acids is 1. The minimum atomic E-state index is -0.497. The summed E-state index contributed by atoms with van der Waals surface area (Å²) >= 11 is 0. The Balaban J connectivity index is 2.38. The molecule has 5 heteroatoms. The number of ether oxygens (including phenoxy) is 2. The second kappa shape index (κ2) is 5.21. The number of hydrogen-bond donors (Lipinski definition) is 1. The molecule has 0 spiro atoms. The molecule has 0 fully saturated rings. The molecular formula is C12H20N2O3. The average Bonchev–Trinajstić information content (AvgIpc) is 2.17. The van der Waals surface area contributed by atoms with E-state index in [1.165, 1.54) is 0 Å². The largest absolute Gasteiger partial charge is 0.449 e. The summed E-state index contributed by atoms with van der Waals surface area (Å²) in [7, 11) is 0. The van der Waals surface area contributed by atoms with Gasteiger partial charge >= 0.3 is 6.09 Å². The van der Waals surface area contributed by atoms with E-state index in [0.29, 0.717) is 5.90 Å². The van der Waals surface area contributed by atoms with Crippen LogP contribution in [0, 0.1) is 0 Å². The summed E-state index contributed by atoms with van der Waals surface area (Å²) in [4.78, 5) is 15.7. The molecule has 0 aliphatic carbocycles. The number of alkyl carbamates (subject to hydrolysis) is 1. The molecule has 5 nitrogen and oxygen atoms in total. The highest BCUT2D eigenvalue weighted by Gasteiger charge is 2.17. The zero-order valence-corrected chi connectivity index (χ0v) is 11.0. The van der Waals surface area contributed by atoms with Gasteiger partial charge in [-0.15, -0.1) is 0 Å². The number of nitrogens with one attached hydrogen (secondary N) is 1. The van der Waals surface area contributed by atoms with Gasteiger partial charge in [0, 0.05) is 0 Å². The van der Waals surface area contributed by atoms with E-state index < -0.39 is 11.7 Å². The Labute approximate surface area is 102 Å². The summed E-state index contributed by atoms with van der Waals surface area (Å²) in [5.74, 6) is 0.494. The Morgan fingerprint density at radius 1 is 1.59 bits per heavy atom. The number of carbonyl (C=O) groups is 1. The van der Waals surface area contributed by atoms with Crippen molar-refractivity contribution in [2.75, 3.05) is 6.54 Å². The summed E-state index contributed by atoms with van der Waals surface area (Å²) in [5, 5.41) is 2.60. The van der Waals surface area contributed by atoms with Gasteiger partial charge in [-0.2, -0.15) is 0 Å². The minimum absolute atomic E-state index is 0.0965. The predicted molar refractivity (Wildman–Crippen MR) is 66.0 cm³/mol. The molecule has 0 saturated heterocycles. The fraction of sp³-hybridized carbons (Fsp3) is 0.667. The van der Waals surface area contributed by atoms with E-state index in [1.807, 2.05) is 34.6 Å². The first kappa shape index (κ1) is 13.5. The molecule has 0 aromatic carbocycles. The van der Waals surface area contributed by atoms with Crippen molar-refractivity contribution in [2.45, 2.75) is 46.3 Å². The second-order valence-corrected chi connectivity index (χ2v) is 5.03. The first-order valence-electron chi connectivity index (χ1n) is 5.65. The molecular weight excluding hydrogens is 220 g/mol. The average molecular weight is 240 g/mol. The van der Waals surface area contributed by atoms with Gasteiger partial charge in [-0.3, -0.25) is 0 Å². The van der Waals surface area contributed by atoms with Crippen molar-refractivity contribution in [3.63, 3.8) is 0 Å². The first-order valence-corrected chi connectivity index (χ1v) is 5.65. The highest BCUT2D eigenvalue weighted by Crippen LogP contribution is 2.11. The maximum absolute atomic E-state index is 11.4. The van der Waals surface area contributed by atoms with E-state index in [-0.39, 0.29) is 12.6 Å². The smallest absolute Gasteiger partial charge is 0.408 e. The van der Waals surface area contributed by atoms with E-state index in [4.69, 9.17) is 9.47 Å². The van der Waals surface area contributed by atoms with Crippen LogP contribution in [-0.4, -0.2) is 30.2 Å². The molecule has 96 valence electrons. The summed E-state index contributed by atoms with van der Waals surface area (Å²) in [6, 6.07) is 0.0965. The van der Waals surface area contributed by atoms with Crippen molar-refractivity contribution < 1.29 is 14.3 Å². The number of aliphatic imine (C=N–C) groups is 1. The third-order valence-corrected chi connectivity index (χ3v) is 2.16. The zero-order valence-electron chi connectivity index (χ0n) is 11.0. The van der Waals surface area contributed by atoms with Crippen LogP contribution in [0.15, 0.2) is 16.8 Å². The van der Waals surface area contributed by atoms with Gasteiger partial charge in [-0.25, -0.2) is 9.79 Å². The lowest BCUT2D eigenvalue weighted by molar-refractivity contribution is 0.0533. The van der Waals surface area contributed by atoms with Gasteiger partial charge in [0.05, 0.1) is 18.8 Å². The number of amides is 1. The van der Waals surface area contributed by atoms with Crippen LogP contribution in [0.3, 0.4) is 0 Å². The molecule has 0 aromatic rings. The standard InChI is InChI=1S/C12H20N2O3/c1-8-7-16-10(14-9(8)2)6-13-11(15)17-12(3,4)5/h7,9H,6H2,1-5H3,(H,13,15). The van der Waals surface area contributed by atoms with Crippen molar-refractivity contribution in [3.05, 3.63) is 11.8 Å². The van der Waals surface area contributed by atoms with Crippen LogP contribution in [0.4, 0.5) is 4.79 Å². The van der Waals surface area contributed by atoms with Crippen LogP contribution in [-0.2, 0) is 9.47 Å². The third kappa shape index (κ3) is 4.89. The van der Waals surface area contributed by atoms with Crippen molar-refractivity contribution in [2.24, 2.45) is 4.99 Å². The quantitative estimate of drug-likeness (QED) is 0.805. The lowest BCUT2D eigenvalue weighted by Gasteiger charge is -2.21. The molecule has 17 heavy (non-hydrogen) atoms. The molecule has 1 rings (SSSR count). The Kier molecular flexibility index (Phi) is 4.15. The molecule has 0 saturated carbocycles. The van der Waals surface area contributed by atoms with Crippen LogP contribution in [0.1, 0.15) is 34.6 Å². The van der Waals surface area contributed by atoms with Crippen molar-refractivity contribution in [3.8, 4) is 0 Å². The zero-order chi connectivity index (χ0) is 13.1. The van der Waals surface area contributed by atoms with Crippen LogP contribution in [0.5, 0.6) is 0 Å². The minimum Gasteiger partial charge on any atom is -0.449 e. The highest BCUT2D eigenvalue weighted by atomic mass is 16.6. The van der Waals surface area contributed by atoms with E-state index >= 15 is 0 Å². The van der Waals surface area contributed by atoms with Gasteiger partial charge in [-0.1, -0.05) is 0 Å². The lowest BCUT2D eigenvalue weighted by Crippen LogP contribution is -2.36. The predicted octanol–water partition coefficient (Wildman–Crippen LogP) is 2.23. The SMILES string of the molecule is CC1=COC(CNC(=O)OC(C)(C)C)=NC1C. The maximum atomic E-state index is 11.4. The van der Waals surface area contributed by atoms with E-state index in [0.717, 1.165) is 5.57 Å². The molecule has 1 amide bonds. The lowest BCUT2D eigenvalue weighted by atomic mass is 10.2. The third-order valence-electron chi connectivity index (χ3n) is 2.16. The van der Waals surface area contributed by atoms with Crippen LogP contribution >= 0.6 is 0 Å². The topological polar surface area (TPSA) is 59.9 Å². The number of nitrogens with zero attached hydrogens (tertiary/aromatic N) is 1. The summed E-state index contributed by atoms with van der Waals surface area (Å²) in [6.07, 6.45) is 1.19. The van der Waals surface area contributed by atoms with Gasteiger partial charge in [0.15, 0.2) is 0 Å². The molecule has 1 aliphatic rings. The first-order chi connectivity index (χ1) is 7.78. The van der Waals surface area contributed by atoms with E-state index in [1.54, 1.807) is 6.26 Å². The number of rotatable bonds is 2. The molecule has 0 bridgehead atoms. The fourth-order valence-corrected chi connectivity index (χ4v) is 1.16. The molecule has 1 aliphatic heterocycles. The van der Waals surface area contributed by atoms with Crippen molar-refractivity contribution in [1.29, 1.82) is 0 Å². The maximum Gasteiger partial charge on any atom is 0.408 e. The van der Waals surface area contributed by atoms with Gasteiger partial charge in [0.2, 0.25) is 5.90 Å². The van der Waals surface area contributed by atoms with Crippen LogP contribution in [0.25, 0.3) is 0 Å². The molecule has 1 heterocycles. The normalized spacial score (nSPS) is 19.9. The Morgan fingerprint density at radius 3 is 2.76 bits per heavy atom. The second-order valence-electron chi connectivity index (χ2n) is 5.03. The Morgan fingerprint density at radius 2 is 2.24 bits per heavy atom. The monoisotopic (exact) mass is 240 g/mol. The molecule has 0 radical (unpaired) electrons. The highest BCUT2D eigenvalue weighted by molar-refractivity contribution is 5.83. The van der Waals surface area contributed by atoms with Gasteiger partial charge < -0.3 is 14.8 Å². The summed E-state index contributed by atoms with van der Waals surface area (Å²) in [5.41, 5.74) is 0.564. The molecule has 1 atom stereocenters. The van der Waals surface area contributed by atoms with Gasteiger partial charge in [0.25, 0.3) is 0 Å². The van der Waals surface area contributed by atoms with Crippen molar-refractivity contribution in [1.82, 2.24) is 5.32 Å².